The van der Waals surface area contributed by atoms with E-state index in [1.807, 2.05) is 49.9 Å². The van der Waals surface area contributed by atoms with E-state index in [9.17, 15) is 19.2 Å². The summed E-state index contributed by atoms with van der Waals surface area (Å²) in [6, 6.07) is 11.9. The van der Waals surface area contributed by atoms with Gasteiger partial charge in [-0.1, -0.05) is 61.0 Å². The molecule has 7 heteroatoms. The van der Waals surface area contributed by atoms with Gasteiger partial charge in [0.2, 0.25) is 5.91 Å². The second kappa shape index (κ2) is 7.56. The minimum Gasteiger partial charge on any atom is -0.368 e. The molecular weight excluding hydrogens is 473 g/mol. The number of ketones is 1. The van der Waals surface area contributed by atoms with Crippen LogP contribution in [-0.4, -0.2) is 23.8 Å². The Labute approximate surface area is 194 Å². The predicted octanol–water partition coefficient (Wildman–Crippen LogP) is 4.57. The molecule has 2 aromatic carbocycles. The topological polar surface area (TPSA) is 87.2 Å². The third kappa shape index (κ3) is 3.17. The van der Waals surface area contributed by atoms with Crippen molar-refractivity contribution >= 4 is 39.4 Å². The number of nitrogens with two attached hydrogens (primary N) is 1. The molecule has 2 aliphatic heterocycles. The van der Waals surface area contributed by atoms with Gasteiger partial charge in [-0.05, 0) is 41.5 Å². The summed E-state index contributed by atoms with van der Waals surface area (Å²) in [5, 5.41) is 10.4. The average Bonchev–Trinajstić information content (AvgIpc) is 3.04. The first kappa shape index (κ1) is 22.2. The molecule has 5 nitrogen and oxygen atoms in total. The van der Waals surface area contributed by atoms with E-state index >= 15 is 0 Å². The Kier molecular flexibility index (Phi) is 5.25. The van der Waals surface area contributed by atoms with Crippen LogP contribution < -0.4 is 10.6 Å². The molecule has 2 aliphatic rings. The van der Waals surface area contributed by atoms with Crippen LogP contribution in [0.4, 0.5) is 10.1 Å². The van der Waals surface area contributed by atoms with E-state index in [1.54, 1.807) is 6.08 Å². The summed E-state index contributed by atoms with van der Waals surface area (Å²) in [7, 11) is 0. The van der Waals surface area contributed by atoms with E-state index in [0.29, 0.717) is 5.56 Å². The molecule has 1 fully saturated rings. The molecule has 32 heavy (non-hydrogen) atoms. The molecule has 0 aromatic heterocycles. The number of fused-ring (bicyclic) bond motifs is 3. The maximum Gasteiger partial charge on any atom is 0.241 e. The number of carbonyl (C=O) groups excluding carboxylic acids is 2. The van der Waals surface area contributed by atoms with Gasteiger partial charge in [-0.3, -0.25) is 9.59 Å². The van der Waals surface area contributed by atoms with Crippen LogP contribution in [0.25, 0.3) is 6.08 Å². The van der Waals surface area contributed by atoms with Crippen molar-refractivity contribution in [3.8, 4) is 6.07 Å². The van der Waals surface area contributed by atoms with Crippen molar-refractivity contribution in [1.82, 2.24) is 0 Å². The lowest BCUT2D eigenvalue weighted by Gasteiger charge is -2.37. The lowest BCUT2D eigenvalue weighted by atomic mass is 9.66. The van der Waals surface area contributed by atoms with Crippen LogP contribution in [0.3, 0.4) is 0 Å². The molecule has 2 aromatic rings. The summed E-state index contributed by atoms with van der Waals surface area (Å²) in [5.41, 5.74) is 5.56. The number of Topliss-reactive ketones (excluding diaryl/α,β-unsaturated/α-hetero) is 1. The Morgan fingerprint density at radius 2 is 1.84 bits per heavy atom. The molecule has 0 spiro atoms. The predicted molar refractivity (Wildman–Crippen MR) is 124 cm³/mol. The summed E-state index contributed by atoms with van der Waals surface area (Å²) in [6.07, 6.45) is 3.62. The van der Waals surface area contributed by atoms with Gasteiger partial charge in [0.1, 0.15) is 5.82 Å². The zero-order chi connectivity index (χ0) is 23.4. The molecule has 0 saturated carbocycles. The van der Waals surface area contributed by atoms with Gasteiger partial charge in [0.15, 0.2) is 11.2 Å². The summed E-state index contributed by atoms with van der Waals surface area (Å²) >= 11 is 3.47. The molecule has 164 valence electrons. The van der Waals surface area contributed by atoms with Gasteiger partial charge in [-0.2, -0.15) is 5.26 Å². The van der Waals surface area contributed by atoms with E-state index in [4.69, 9.17) is 5.73 Å². The van der Waals surface area contributed by atoms with Crippen LogP contribution in [0.1, 0.15) is 37.8 Å². The zero-order valence-electron chi connectivity index (χ0n) is 18.0. The van der Waals surface area contributed by atoms with Crippen molar-refractivity contribution in [3.63, 3.8) is 0 Å². The molecule has 1 saturated heterocycles. The van der Waals surface area contributed by atoms with Crippen molar-refractivity contribution in [2.75, 3.05) is 4.90 Å². The second-order valence-electron chi connectivity index (χ2n) is 9.35. The van der Waals surface area contributed by atoms with Crippen molar-refractivity contribution in [1.29, 1.82) is 5.26 Å². The van der Waals surface area contributed by atoms with Gasteiger partial charge < -0.3 is 10.6 Å². The number of hydrogen-bond acceptors (Lipinski definition) is 4. The van der Waals surface area contributed by atoms with Crippen LogP contribution in [0, 0.1) is 28.0 Å². The zero-order valence-corrected chi connectivity index (χ0v) is 19.6. The van der Waals surface area contributed by atoms with Gasteiger partial charge in [0, 0.05) is 21.5 Å². The number of nitriles is 1. The second-order valence-corrected chi connectivity index (χ2v) is 10.3. The van der Waals surface area contributed by atoms with E-state index in [2.05, 4.69) is 22.0 Å². The number of amides is 1. The standard InChI is InChI=1S/C25H23BrFN3O2/c1-24(2,3)22(31)21-20(14-4-8-17(27)9-5-14)25(13-28,23(29)32)19-11-6-15-12-16(26)7-10-18(15)30(19)21/h4-12,19-21H,1-3H3,(H2,29,32)/t19-,20+,21-,25+/m1/s1. The molecule has 1 amide bonds. The number of carbonyl (C=O) groups is 2. The number of nitrogens with zero attached hydrogens (tertiary/aromatic N) is 2. The minimum absolute atomic E-state index is 0.126. The minimum atomic E-state index is -1.72. The van der Waals surface area contributed by atoms with Crippen molar-refractivity contribution in [2.24, 2.45) is 16.6 Å². The van der Waals surface area contributed by atoms with Gasteiger partial charge in [0.05, 0.1) is 18.2 Å². The number of hydrogen-bond donors (Lipinski definition) is 1. The first-order valence-electron chi connectivity index (χ1n) is 10.3. The summed E-state index contributed by atoms with van der Waals surface area (Å²) in [4.78, 5) is 28.7. The van der Waals surface area contributed by atoms with Gasteiger partial charge in [0.25, 0.3) is 0 Å². The monoisotopic (exact) mass is 495 g/mol. The highest BCUT2D eigenvalue weighted by Crippen LogP contribution is 2.56. The largest absolute Gasteiger partial charge is 0.368 e. The Morgan fingerprint density at radius 1 is 1.19 bits per heavy atom. The van der Waals surface area contributed by atoms with Crippen LogP contribution in [0.15, 0.2) is 53.0 Å². The number of benzene rings is 2. The number of halogens is 2. The molecule has 4 atom stereocenters. The van der Waals surface area contributed by atoms with Crippen molar-refractivity contribution < 1.29 is 14.0 Å². The fourth-order valence-electron chi connectivity index (χ4n) is 4.95. The highest BCUT2D eigenvalue weighted by Gasteiger charge is 2.66. The average molecular weight is 496 g/mol. The fourth-order valence-corrected chi connectivity index (χ4v) is 5.32. The Morgan fingerprint density at radius 3 is 2.41 bits per heavy atom. The summed E-state index contributed by atoms with van der Waals surface area (Å²) in [6.45, 7) is 5.43. The van der Waals surface area contributed by atoms with E-state index in [0.717, 1.165) is 15.7 Å². The fraction of sp³-hybridized carbons (Fsp3) is 0.320. The Balaban J connectivity index is 2.05. The van der Waals surface area contributed by atoms with E-state index in [-0.39, 0.29) is 5.78 Å². The molecule has 0 radical (unpaired) electrons. The maximum absolute atomic E-state index is 13.9. The summed E-state index contributed by atoms with van der Waals surface area (Å²) in [5.74, 6) is -2.25. The first-order chi connectivity index (χ1) is 15.0. The van der Waals surface area contributed by atoms with E-state index in [1.165, 1.54) is 24.3 Å². The Bertz CT molecular complexity index is 1180. The molecule has 0 unspecified atom stereocenters. The molecule has 2 heterocycles. The molecule has 2 N–H and O–H groups in total. The smallest absolute Gasteiger partial charge is 0.241 e. The quantitative estimate of drug-likeness (QED) is 0.675. The lowest BCUT2D eigenvalue weighted by Crippen LogP contribution is -2.49. The van der Waals surface area contributed by atoms with Crippen LogP contribution in [0.5, 0.6) is 0 Å². The third-order valence-corrected chi connectivity index (χ3v) is 6.92. The van der Waals surface area contributed by atoms with Crippen molar-refractivity contribution in [2.45, 2.75) is 38.8 Å². The van der Waals surface area contributed by atoms with Crippen LogP contribution >= 0.6 is 15.9 Å². The number of rotatable bonds is 3. The summed E-state index contributed by atoms with van der Waals surface area (Å²) < 4.78 is 14.6. The molecular formula is C25H23BrFN3O2. The highest BCUT2D eigenvalue weighted by atomic mass is 79.9. The first-order valence-corrected chi connectivity index (χ1v) is 11.1. The highest BCUT2D eigenvalue weighted by molar-refractivity contribution is 9.10. The SMILES string of the molecule is CC(C)(C)C(=O)[C@H]1[C@H](c2ccc(F)cc2)[C@@](C#N)(C(N)=O)[C@H]2C=Cc3cc(Br)ccc3N12. The molecule has 0 bridgehead atoms. The molecule has 0 aliphatic carbocycles. The maximum atomic E-state index is 13.9. The third-order valence-electron chi connectivity index (χ3n) is 6.43. The van der Waals surface area contributed by atoms with Crippen molar-refractivity contribution in [3.05, 3.63) is 70.0 Å². The lowest BCUT2D eigenvalue weighted by molar-refractivity contribution is -0.128. The molecule has 4 rings (SSSR count). The normalized spacial score (nSPS) is 26.2. The Hall–Kier alpha value is -2.98. The van der Waals surface area contributed by atoms with Gasteiger partial charge in [-0.25, -0.2) is 4.39 Å². The van der Waals surface area contributed by atoms with Gasteiger partial charge >= 0.3 is 0 Å². The van der Waals surface area contributed by atoms with E-state index < -0.39 is 40.6 Å². The van der Waals surface area contributed by atoms with Crippen LogP contribution in [-0.2, 0) is 9.59 Å². The number of anilines is 1. The number of primary amides is 1. The van der Waals surface area contributed by atoms with Gasteiger partial charge in [-0.15, -0.1) is 0 Å². The van der Waals surface area contributed by atoms with Crippen LogP contribution in [0.2, 0.25) is 0 Å².